The molecular formula is C3H3F9LiO9S3. The van der Waals surface area contributed by atoms with Crippen molar-refractivity contribution in [2.75, 3.05) is 0 Å². The molecule has 0 atom stereocenters. The predicted molar refractivity (Wildman–Crippen MR) is 58.6 cm³/mol. The van der Waals surface area contributed by atoms with Gasteiger partial charge in [-0.2, -0.15) is 64.8 Å². The molecule has 0 spiro atoms. The van der Waals surface area contributed by atoms with E-state index in [2.05, 4.69) is 0 Å². The minimum atomic E-state index is -5.84. The molecule has 0 aromatic rings. The van der Waals surface area contributed by atoms with Crippen LogP contribution < -0.4 is 0 Å². The Morgan fingerprint density at radius 1 is 0.440 bits per heavy atom. The molecule has 25 heavy (non-hydrogen) atoms. The average Bonchev–Trinajstić information content (AvgIpc) is 2.08. The summed E-state index contributed by atoms with van der Waals surface area (Å²) >= 11 is 0. The summed E-state index contributed by atoms with van der Waals surface area (Å²) in [6.07, 6.45) is 0. The predicted octanol–water partition coefficient (Wildman–Crippen LogP) is 0.801. The van der Waals surface area contributed by atoms with Gasteiger partial charge in [-0.05, 0) is 0 Å². The van der Waals surface area contributed by atoms with Gasteiger partial charge in [-0.15, -0.1) is 0 Å². The van der Waals surface area contributed by atoms with Crippen LogP contribution in [0.25, 0.3) is 0 Å². The monoisotopic (exact) mass is 457 g/mol. The van der Waals surface area contributed by atoms with Crippen molar-refractivity contribution in [2.45, 2.75) is 16.5 Å². The third-order valence-electron chi connectivity index (χ3n) is 0.877. The van der Waals surface area contributed by atoms with E-state index in [-0.39, 0.29) is 18.9 Å². The van der Waals surface area contributed by atoms with E-state index in [9.17, 15) is 39.5 Å². The molecule has 0 bridgehead atoms. The maximum absolute atomic E-state index is 10.7. The van der Waals surface area contributed by atoms with Crippen LogP contribution in [0.4, 0.5) is 39.5 Å². The van der Waals surface area contributed by atoms with Gasteiger partial charge in [-0.25, -0.2) is 0 Å². The van der Waals surface area contributed by atoms with Crippen LogP contribution in [-0.2, 0) is 30.4 Å². The zero-order valence-corrected chi connectivity index (χ0v) is 13.4. The van der Waals surface area contributed by atoms with Crippen LogP contribution in [0.2, 0.25) is 0 Å². The first kappa shape index (κ1) is 32.4. The SMILES string of the molecule is O=S(=O)(O)C(F)(F)F.O=S(=O)(O)C(F)(F)F.O=S(=O)(O)C(F)(F)F.[Li]. The normalized spacial score (nSPS) is 13.4. The van der Waals surface area contributed by atoms with Crippen LogP contribution in [0.3, 0.4) is 0 Å². The van der Waals surface area contributed by atoms with Crippen LogP contribution in [0.1, 0.15) is 0 Å². The molecule has 0 amide bonds. The summed E-state index contributed by atoms with van der Waals surface area (Å²) in [7, 11) is -17.5. The second-order valence-electron chi connectivity index (χ2n) is 2.76. The van der Waals surface area contributed by atoms with Crippen LogP contribution in [0, 0.1) is 0 Å². The van der Waals surface area contributed by atoms with Gasteiger partial charge in [-0.1, -0.05) is 0 Å². The van der Waals surface area contributed by atoms with Crippen LogP contribution in [0.5, 0.6) is 0 Å². The molecule has 0 aliphatic heterocycles. The van der Waals surface area contributed by atoms with Gasteiger partial charge in [0.25, 0.3) is 0 Å². The molecule has 0 aromatic heterocycles. The summed E-state index contributed by atoms with van der Waals surface area (Å²) in [5, 5.41) is 0. The fraction of sp³-hybridized carbons (Fsp3) is 1.00. The molecule has 0 fully saturated rings. The van der Waals surface area contributed by atoms with Gasteiger partial charge < -0.3 is 0 Å². The molecule has 151 valence electrons. The molecule has 0 aliphatic carbocycles. The van der Waals surface area contributed by atoms with Crippen molar-refractivity contribution < 1.29 is 78.4 Å². The van der Waals surface area contributed by atoms with Crippen molar-refractivity contribution in [1.82, 2.24) is 0 Å². The Labute approximate surface area is 144 Å². The molecule has 22 heteroatoms. The summed E-state index contributed by atoms with van der Waals surface area (Å²) in [6, 6.07) is 0. The maximum Gasteiger partial charge on any atom is 0.522 e. The molecule has 0 rings (SSSR count). The van der Waals surface area contributed by atoms with Gasteiger partial charge in [0, 0.05) is 18.9 Å². The van der Waals surface area contributed by atoms with Crippen LogP contribution in [0.15, 0.2) is 0 Å². The van der Waals surface area contributed by atoms with E-state index in [1.807, 2.05) is 0 Å². The molecule has 0 aromatic carbocycles. The van der Waals surface area contributed by atoms with Gasteiger partial charge in [0.05, 0.1) is 0 Å². The minimum absolute atomic E-state index is 0. The first-order valence-corrected chi connectivity index (χ1v) is 8.18. The van der Waals surface area contributed by atoms with E-state index in [0.717, 1.165) is 0 Å². The Balaban J connectivity index is -0.000000130. The molecule has 9 nitrogen and oxygen atoms in total. The van der Waals surface area contributed by atoms with Crippen LogP contribution in [-0.4, -0.2) is 74.3 Å². The first-order chi connectivity index (χ1) is 9.75. The summed E-state index contributed by atoms with van der Waals surface area (Å²) in [6.45, 7) is 0. The molecule has 3 N–H and O–H groups in total. The average molecular weight is 457 g/mol. The Bertz CT molecular complexity index is 596. The van der Waals surface area contributed by atoms with E-state index in [4.69, 9.17) is 38.9 Å². The van der Waals surface area contributed by atoms with Gasteiger partial charge in [0.15, 0.2) is 0 Å². The summed E-state index contributed by atoms with van der Waals surface area (Å²) in [4.78, 5) is 0. The Kier molecular flexibility index (Phi) is 12.4. The topological polar surface area (TPSA) is 163 Å². The van der Waals surface area contributed by atoms with Gasteiger partial charge >= 0.3 is 46.9 Å². The van der Waals surface area contributed by atoms with Gasteiger partial charge in [0.1, 0.15) is 0 Å². The third kappa shape index (κ3) is 15.7. The summed E-state index contributed by atoms with van der Waals surface area (Å²) < 4.78 is 173. The van der Waals surface area contributed by atoms with Crippen molar-refractivity contribution in [3.05, 3.63) is 0 Å². The van der Waals surface area contributed by atoms with E-state index in [0.29, 0.717) is 0 Å². The van der Waals surface area contributed by atoms with E-state index in [1.54, 1.807) is 0 Å². The molecule has 1 radical (unpaired) electrons. The second kappa shape index (κ2) is 9.58. The van der Waals surface area contributed by atoms with Gasteiger partial charge in [-0.3, -0.25) is 13.7 Å². The quantitative estimate of drug-likeness (QED) is 0.207. The Morgan fingerprint density at radius 3 is 0.480 bits per heavy atom. The Hall–Kier alpha value is -0.303. The van der Waals surface area contributed by atoms with E-state index < -0.39 is 46.9 Å². The molecule has 0 aliphatic rings. The van der Waals surface area contributed by atoms with Crippen molar-refractivity contribution in [3.63, 3.8) is 0 Å². The smallest absolute Gasteiger partial charge is 0.279 e. The molecular weight excluding hydrogens is 454 g/mol. The zero-order chi connectivity index (χ0) is 21.0. The Morgan fingerprint density at radius 2 is 0.480 bits per heavy atom. The number of halogens is 9. The number of hydrogen-bond acceptors (Lipinski definition) is 6. The van der Waals surface area contributed by atoms with Gasteiger partial charge in [0.2, 0.25) is 0 Å². The number of alkyl halides is 9. The molecule has 0 heterocycles. The molecule has 0 saturated heterocycles. The standard InChI is InChI=1S/3CHF3O3S.Li/c3*2-1(3,4)8(5,6)7;/h3*(H,5,6,7);. The van der Waals surface area contributed by atoms with Crippen LogP contribution >= 0.6 is 0 Å². The van der Waals surface area contributed by atoms with Crippen molar-refractivity contribution in [1.29, 1.82) is 0 Å². The minimum Gasteiger partial charge on any atom is -0.279 e. The maximum atomic E-state index is 10.7. The van der Waals surface area contributed by atoms with Crippen molar-refractivity contribution in [3.8, 4) is 0 Å². The zero-order valence-electron chi connectivity index (χ0n) is 10.9. The van der Waals surface area contributed by atoms with Crippen molar-refractivity contribution in [2.24, 2.45) is 0 Å². The number of hydrogen-bond donors (Lipinski definition) is 3. The molecule has 0 saturated carbocycles. The van der Waals surface area contributed by atoms with E-state index >= 15 is 0 Å². The summed E-state index contributed by atoms with van der Waals surface area (Å²) in [5.41, 5.74) is -16.6. The number of rotatable bonds is 0. The fourth-order valence-corrected chi connectivity index (χ4v) is 0. The second-order valence-corrected chi connectivity index (χ2v) is 7.00. The third-order valence-corrected chi connectivity index (χ3v) is 2.63. The van der Waals surface area contributed by atoms with E-state index in [1.165, 1.54) is 0 Å². The fourth-order valence-electron chi connectivity index (χ4n) is 0. The molecule has 0 unspecified atom stereocenters. The van der Waals surface area contributed by atoms with Crippen molar-refractivity contribution >= 4 is 49.2 Å². The summed E-state index contributed by atoms with van der Waals surface area (Å²) in [5.74, 6) is 0. The first-order valence-electron chi connectivity index (χ1n) is 3.86. The largest absolute Gasteiger partial charge is 0.522 e.